The first kappa shape index (κ1) is 11.6. The molecular formula is C13H22N2O. The van der Waals surface area contributed by atoms with Gasteiger partial charge in [0, 0.05) is 18.3 Å². The van der Waals surface area contributed by atoms with Gasteiger partial charge in [0.15, 0.2) is 0 Å². The summed E-state index contributed by atoms with van der Waals surface area (Å²) in [7, 11) is 0. The molecule has 0 radical (unpaired) electrons. The van der Waals surface area contributed by atoms with E-state index in [2.05, 4.69) is 18.9 Å². The quantitative estimate of drug-likeness (QED) is 0.854. The Morgan fingerprint density at radius 1 is 1.56 bits per heavy atom. The lowest BCUT2D eigenvalue weighted by Crippen LogP contribution is -2.36. The zero-order chi connectivity index (χ0) is 11.6. The molecule has 1 aliphatic rings. The lowest BCUT2D eigenvalue weighted by atomic mass is 9.73. The Kier molecular flexibility index (Phi) is 3.33. The summed E-state index contributed by atoms with van der Waals surface area (Å²) in [4.78, 5) is 0. The standard InChI is InChI=1S/C13H22N2O/c1-3-8-15-10-12(9-14-15)13(16)7-5-4-6-11(13)2/h9-11,16H,3-8H2,1-2H3. The van der Waals surface area contributed by atoms with E-state index in [0.29, 0.717) is 5.92 Å². The summed E-state index contributed by atoms with van der Waals surface area (Å²) in [5.74, 6) is 0.348. The number of hydrogen-bond donors (Lipinski definition) is 1. The minimum absolute atomic E-state index is 0.348. The van der Waals surface area contributed by atoms with E-state index in [1.807, 2.05) is 17.1 Å². The molecule has 16 heavy (non-hydrogen) atoms. The molecule has 1 aliphatic carbocycles. The van der Waals surface area contributed by atoms with E-state index in [4.69, 9.17) is 0 Å². The minimum Gasteiger partial charge on any atom is -0.385 e. The van der Waals surface area contributed by atoms with Gasteiger partial charge in [-0.2, -0.15) is 5.10 Å². The van der Waals surface area contributed by atoms with Crippen LogP contribution in [0.3, 0.4) is 0 Å². The lowest BCUT2D eigenvalue weighted by Gasteiger charge is -2.37. The van der Waals surface area contributed by atoms with Gasteiger partial charge in [-0.15, -0.1) is 0 Å². The predicted molar refractivity (Wildman–Crippen MR) is 64.0 cm³/mol. The van der Waals surface area contributed by atoms with Crippen molar-refractivity contribution in [3.63, 3.8) is 0 Å². The fourth-order valence-corrected chi connectivity index (χ4v) is 2.70. The molecule has 2 rings (SSSR count). The molecule has 2 unspecified atom stereocenters. The third-order valence-corrected chi connectivity index (χ3v) is 3.85. The fourth-order valence-electron chi connectivity index (χ4n) is 2.70. The van der Waals surface area contributed by atoms with E-state index < -0.39 is 5.60 Å². The van der Waals surface area contributed by atoms with Crippen LogP contribution in [0.5, 0.6) is 0 Å². The average molecular weight is 222 g/mol. The fraction of sp³-hybridized carbons (Fsp3) is 0.769. The molecule has 0 aliphatic heterocycles. The smallest absolute Gasteiger partial charge is 0.0952 e. The molecule has 1 N–H and O–H groups in total. The van der Waals surface area contributed by atoms with Crippen LogP contribution in [-0.2, 0) is 12.1 Å². The maximum atomic E-state index is 10.7. The number of rotatable bonds is 3. The van der Waals surface area contributed by atoms with Crippen molar-refractivity contribution >= 4 is 0 Å². The SMILES string of the molecule is CCCn1cc(C2(O)CCCCC2C)cn1. The molecular weight excluding hydrogens is 200 g/mol. The molecule has 0 saturated heterocycles. The third-order valence-electron chi connectivity index (χ3n) is 3.85. The van der Waals surface area contributed by atoms with E-state index >= 15 is 0 Å². The molecule has 90 valence electrons. The first-order valence-corrected chi connectivity index (χ1v) is 6.42. The third kappa shape index (κ3) is 2.01. The van der Waals surface area contributed by atoms with Crippen molar-refractivity contribution in [2.24, 2.45) is 5.92 Å². The Morgan fingerprint density at radius 2 is 2.38 bits per heavy atom. The topological polar surface area (TPSA) is 38.0 Å². The van der Waals surface area contributed by atoms with Crippen LogP contribution < -0.4 is 0 Å². The monoisotopic (exact) mass is 222 g/mol. The van der Waals surface area contributed by atoms with Crippen molar-refractivity contribution in [1.29, 1.82) is 0 Å². The number of nitrogens with zero attached hydrogens (tertiary/aromatic N) is 2. The Labute approximate surface area is 97.5 Å². The van der Waals surface area contributed by atoms with Crippen molar-refractivity contribution in [3.05, 3.63) is 18.0 Å². The normalized spacial score (nSPS) is 30.6. The number of aromatic nitrogens is 2. The highest BCUT2D eigenvalue weighted by atomic mass is 16.3. The molecule has 1 aromatic rings. The van der Waals surface area contributed by atoms with Crippen molar-refractivity contribution < 1.29 is 5.11 Å². The van der Waals surface area contributed by atoms with E-state index in [-0.39, 0.29) is 0 Å². The summed E-state index contributed by atoms with van der Waals surface area (Å²) in [5.41, 5.74) is 0.373. The van der Waals surface area contributed by atoms with Crippen molar-refractivity contribution in [3.8, 4) is 0 Å². The number of aliphatic hydroxyl groups is 1. The highest BCUT2D eigenvalue weighted by Gasteiger charge is 2.38. The van der Waals surface area contributed by atoms with Gasteiger partial charge in [0.05, 0.1) is 11.8 Å². The molecule has 1 fully saturated rings. The Morgan fingerprint density at radius 3 is 3.06 bits per heavy atom. The molecule has 1 aromatic heterocycles. The van der Waals surface area contributed by atoms with Gasteiger partial charge >= 0.3 is 0 Å². The summed E-state index contributed by atoms with van der Waals surface area (Å²) in [5, 5.41) is 15.1. The molecule has 1 heterocycles. The Bertz CT molecular complexity index is 347. The second-order valence-electron chi connectivity index (χ2n) is 5.06. The highest BCUT2D eigenvalue weighted by molar-refractivity contribution is 5.17. The van der Waals surface area contributed by atoms with Crippen LogP contribution in [-0.4, -0.2) is 14.9 Å². The van der Waals surface area contributed by atoms with E-state index in [1.165, 1.54) is 6.42 Å². The zero-order valence-corrected chi connectivity index (χ0v) is 10.3. The van der Waals surface area contributed by atoms with Gasteiger partial charge in [0.25, 0.3) is 0 Å². The van der Waals surface area contributed by atoms with Crippen molar-refractivity contribution in [2.45, 2.75) is 58.1 Å². The van der Waals surface area contributed by atoms with E-state index in [0.717, 1.165) is 37.8 Å². The van der Waals surface area contributed by atoms with Gasteiger partial charge in [-0.1, -0.05) is 26.7 Å². The largest absolute Gasteiger partial charge is 0.385 e. The van der Waals surface area contributed by atoms with Crippen molar-refractivity contribution in [1.82, 2.24) is 9.78 Å². The van der Waals surface area contributed by atoms with Crippen molar-refractivity contribution in [2.75, 3.05) is 0 Å². The zero-order valence-electron chi connectivity index (χ0n) is 10.3. The number of aryl methyl sites for hydroxylation is 1. The highest BCUT2D eigenvalue weighted by Crippen LogP contribution is 2.41. The summed E-state index contributed by atoms with van der Waals surface area (Å²) < 4.78 is 1.94. The van der Waals surface area contributed by atoms with E-state index in [9.17, 15) is 5.11 Å². The maximum Gasteiger partial charge on any atom is 0.0952 e. The van der Waals surface area contributed by atoms with Gasteiger partial charge in [-0.3, -0.25) is 4.68 Å². The first-order valence-electron chi connectivity index (χ1n) is 6.42. The minimum atomic E-state index is -0.635. The van der Waals surface area contributed by atoms with Crippen LogP contribution in [0.15, 0.2) is 12.4 Å². The van der Waals surface area contributed by atoms with Crippen LogP contribution in [0.25, 0.3) is 0 Å². The van der Waals surface area contributed by atoms with Crippen LogP contribution in [0.1, 0.15) is 51.5 Å². The second kappa shape index (κ2) is 4.58. The molecule has 0 bridgehead atoms. The Hall–Kier alpha value is -0.830. The average Bonchev–Trinajstić information content (AvgIpc) is 2.72. The molecule has 1 saturated carbocycles. The molecule has 3 heteroatoms. The summed E-state index contributed by atoms with van der Waals surface area (Å²) in [6.45, 7) is 5.22. The van der Waals surface area contributed by atoms with Crippen LogP contribution in [0, 0.1) is 5.92 Å². The molecule has 2 atom stereocenters. The molecule has 0 spiro atoms. The van der Waals surface area contributed by atoms with E-state index in [1.54, 1.807) is 0 Å². The maximum absolute atomic E-state index is 10.7. The molecule has 0 amide bonds. The summed E-state index contributed by atoms with van der Waals surface area (Å²) in [6.07, 6.45) is 9.31. The Balaban J connectivity index is 2.20. The summed E-state index contributed by atoms with van der Waals surface area (Å²) in [6, 6.07) is 0. The van der Waals surface area contributed by atoms with Crippen LogP contribution in [0.2, 0.25) is 0 Å². The van der Waals surface area contributed by atoms with Gasteiger partial charge < -0.3 is 5.11 Å². The van der Waals surface area contributed by atoms with Crippen LogP contribution >= 0.6 is 0 Å². The predicted octanol–water partition coefficient (Wildman–Crippen LogP) is 2.69. The van der Waals surface area contributed by atoms with Crippen LogP contribution in [0.4, 0.5) is 0 Å². The lowest BCUT2D eigenvalue weighted by molar-refractivity contribution is -0.0470. The molecule has 0 aromatic carbocycles. The summed E-state index contributed by atoms with van der Waals surface area (Å²) >= 11 is 0. The van der Waals surface area contributed by atoms with Gasteiger partial charge in [0.1, 0.15) is 0 Å². The van der Waals surface area contributed by atoms with Gasteiger partial charge in [-0.25, -0.2) is 0 Å². The van der Waals surface area contributed by atoms with Gasteiger partial charge in [0.2, 0.25) is 0 Å². The van der Waals surface area contributed by atoms with Gasteiger partial charge in [-0.05, 0) is 25.2 Å². The first-order chi connectivity index (χ1) is 7.66. The number of hydrogen-bond acceptors (Lipinski definition) is 2. The molecule has 3 nitrogen and oxygen atoms in total. The second-order valence-corrected chi connectivity index (χ2v) is 5.06.